The van der Waals surface area contributed by atoms with Gasteiger partial charge in [-0.3, -0.25) is 14.5 Å². The Bertz CT molecular complexity index is 1170. The second kappa shape index (κ2) is 21.9. The summed E-state index contributed by atoms with van der Waals surface area (Å²) < 4.78 is 0. The van der Waals surface area contributed by atoms with Crippen LogP contribution in [0.1, 0.15) is 75.7 Å². The van der Waals surface area contributed by atoms with Gasteiger partial charge in [0.15, 0.2) is 0 Å². The van der Waals surface area contributed by atoms with Crippen molar-refractivity contribution in [2.45, 2.75) is 75.7 Å². The largest absolute Gasteiger partial charge is 0.341 e. The van der Waals surface area contributed by atoms with Crippen LogP contribution in [-0.4, -0.2) is 78.5 Å². The maximum atomic E-state index is 13.9. The fraction of sp³-hybridized carbons (Fsp3) is 0.535. The summed E-state index contributed by atoms with van der Waals surface area (Å²) in [6.07, 6.45) is 1.82. The zero-order valence-electron chi connectivity index (χ0n) is 32.4. The summed E-state index contributed by atoms with van der Waals surface area (Å²) in [5.74, 6) is 1.77. The molecule has 5 nitrogen and oxygen atoms in total. The molecule has 0 aliphatic carbocycles. The Kier molecular flexibility index (Phi) is 18.9. The predicted octanol–water partition coefficient (Wildman–Crippen LogP) is 7.98. The quantitative estimate of drug-likeness (QED) is 0.120. The second-order valence-corrected chi connectivity index (χ2v) is 18.4. The monoisotopic (exact) mass is 688 g/mol. The number of rotatable bonds is 19. The van der Waals surface area contributed by atoms with Gasteiger partial charge in [0.05, 0.1) is 19.3 Å². The van der Waals surface area contributed by atoms with Gasteiger partial charge in [-0.15, -0.1) is 0 Å². The number of nitrogens with zero attached hydrogens (tertiary/aromatic N) is 3. The third-order valence-corrected chi connectivity index (χ3v) is 12.9. The van der Waals surface area contributed by atoms with Crippen LogP contribution in [0.5, 0.6) is 0 Å². The van der Waals surface area contributed by atoms with Crippen LogP contribution in [0.3, 0.4) is 0 Å². The molecule has 0 N–H and O–H groups in total. The van der Waals surface area contributed by atoms with E-state index in [1.807, 2.05) is 23.6 Å². The molecular weight excluding hydrogens is 621 g/mol. The molecule has 0 bridgehead atoms. The number of carbonyl (C=O) groups excluding carboxylic acids is 2. The Labute approximate surface area is 300 Å². The molecule has 270 valence electrons. The van der Waals surface area contributed by atoms with Crippen molar-refractivity contribution in [3.05, 3.63) is 91.0 Å². The summed E-state index contributed by atoms with van der Waals surface area (Å²) in [4.78, 5) is 34.0. The third kappa shape index (κ3) is 13.7. The van der Waals surface area contributed by atoms with Gasteiger partial charge in [0, 0.05) is 32.7 Å². The van der Waals surface area contributed by atoms with E-state index in [2.05, 4.69) is 151 Å². The van der Waals surface area contributed by atoms with Crippen molar-refractivity contribution in [2.24, 2.45) is 23.7 Å². The summed E-state index contributed by atoms with van der Waals surface area (Å²) in [5, 5.41) is 4.07. The molecule has 3 aromatic carbocycles. The predicted molar refractivity (Wildman–Crippen MR) is 215 cm³/mol. The first-order valence-corrected chi connectivity index (χ1v) is 20.7. The van der Waals surface area contributed by atoms with Gasteiger partial charge in [-0.05, 0) is 66.5 Å². The average Bonchev–Trinajstić information content (AvgIpc) is 3.07. The Morgan fingerprint density at radius 2 is 0.796 bits per heavy atom. The molecule has 0 heterocycles. The molecule has 2 amide bonds. The lowest BCUT2D eigenvalue weighted by molar-refractivity contribution is -0.137. The molecule has 0 saturated carbocycles. The maximum Gasteiger partial charge on any atom is 0.236 e. The van der Waals surface area contributed by atoms with Crippen molar-refractivity contribution in [3.63, 3.8) is 0 Å². The zero-order valence-corrected chi connectivity index (χ0v) is 33.3. The van der Waals surface area contributed by atoms with Gasteiger partial charge in [0.1, 0.15) is 23.2 Å². The van der Waals surface area contributed by atoms with Gasteiger partial charge < -0.3 is 9.80 Å². The molecule has 0 aliphatic rings. The van der Waals surface area contributed by atoms with Gasteiger partial charge in [-0.25, -0.2) is 0 Å². The standard InChI is InChI=1S/C41H61N3O2P.C2H6/c1-33(2)27-43(28-34(3)4)40(45)31-42(32-41(46)44(29-35(5)6)30-36(7)8)25-18-26-47(37-19-12-9-13-20-37,38-21-14-10-15-22-38)39-23-16-11-17-24-39;1-2/h9-17,19-24,33-36H,18,25-32H2,1-8H3;1-2H3/q+1;. The highest BCUT2D eigenvalue weighted by Gasteiger charge is 2.44. The topological polar surface area (TPSA) is 43.9 Å². The summed E-state index contributed by atoms with van der Waals surface area (Å²) in [6.45, 7) is 25.4. The summed E-state index contributed by atoms with van der Waals surface area (Å²) in [5.41, 5.74) is 0. The zero-order chi connectivity index (χ0) is 36.4. The fourth-order valence-corrected chi connectivity index (χ4v) is 10.9. The first-order chi connectivity index (χ1) is 23.4. The molecular formula is C43H67N3O2P+. The molecule has 0 saturated heterocycles. The lowest BCUT2D eigenvalue weighted by atomic mass is 10.1. The molecule has 49 heavy (non-hydrogen) atoms. The summed E-state index contributed by atoms with van der Waals surface area (Å²) in [7, 11) is -2.01. The molecule has 0 spiro atoms. The highest BCUT2D eigenvalue weighted by Crippen LogP contribution is 2.55. The molecule has 0 aliphatic heterocycles. The van der Waals surface area contributed by atoms with Crippen LogP contribution in [-0.2, 0) is 9.59 Å². The lowest BCUT2D eigenvalue weighted by Crippen LogP contribution is -2.48. The first kappa shape index (κ1) is 42.2. The second-order valence-electron chi connectivity index (χ2n) is 14.8. The van der Waals surface area contributed by atoms with E-state index in [9.17, 15) is 9.59 Å². The Balaban J connectivity index is 0.00000409. The maximum absolute atomic E-state index is 13.9. The van der Waals surface area contributed by atoms with E-state index in [0.717, 1.165) is 38.8 Å². The van der Waals surface area contributed by atoms with Gasteiger partial charge in [-0.2, -0.15) is 0 Å². The van der Waals surface area contributed by atoms with Crippen LogP contribution in [0.15, 0.2) is 91.0 Å². The van der Waals surface area contributed by atoms with E-state index in [-0.39, 0.29) is 24.9 Å². The smallest absolute Gasteiger partial charge is 0.236 e. The molecule has 0 unspecified atom stereocenters. The van der Waals surface area contributed by atoms with Crippen LogP contribution in [0.25, 0.3) is 0 Å². The van der Waals surface area contributed by atoms with E-state index in [4.69, 9.17) is 0 Å². The van der Waals surface area contributed by atoms with E-state index >= 15 is 0 Å². The highest BCUT2D eigenvalue weighted by atomic mass is 31.2. The van der Waals surface area contributed by atoms with E-state index in [1.54, 1.807) is 0 Å². The molecule has 0 fully saturated rings. The molecule has 6 heteroatoms. The SMILES string of the molecule is CC.CC(C)CN(CC(C)C)C(=O)CN(CCC[P+](c1ccccc1)(c1ccccc1)c1ccccc1)CC(=O)N(CC(C)C)CC(C)C. The van der Waals surface area contributed by atoms with Crippen molar-refractivity contribution in [1.82, 2.24) is 14.7 Å². The van der Waals surface area contributed by atoms with Crippen LogP contribution >= 0.6 is 7.26 Å². The lowest BCUT2D eigenvalue weighted by Gasteiger charge is -2.33. The van der Waals surface area contributed by atoms with Crippen LogP contribution in [0, 0.1) is 23.7 Å². The number of hydrogen-bond donors (Lipinski definition) is 0. The van der Waals surface area contributed by atoms with Gasteiger partial charge in [0.25, 0.3) is 0 Å². The van der Waals surface area contributed by atoms with Crippen molar-refractivity contribution in [1.29, 1.82) is 0 Å². The third-order valence-electron chi connectivity index (χ3n) is 8.32. The van der Waals surface area contributed by atoms with E-state index in [1.165, 1.54) is 15.9 Å². The van der Waals surface area contributed by atoms with Crippen molar-refractivity contribution < 1.29 is 9.59 Å². The van der Waals surface area contributed by atoms with Gasteiger partial charge in [0.2, 0.25) is 11.8 Å². The van der Waals surface area contributed by atoms with Crippen LogP contribution in [0.2, 0.25) is 0 Å². The molecule has 3 rings (SSSR count). The van der Waals surface area contributed by atoms with Crippen molar-refractivity contribution in [2.75, 3.05) is 52.0 Å². The summed E-state index contributed by atoms with van der Waals surface area (Å²) >= 11 is 0. The molecule has 0 radical (unpaired) electrons. The normalized spacial score (nSPS) is 11.7. The average molecular weight is 689 g/mol. The molecule has 0 atom stereocenters. The van der Waals surface area contributed by atoms with Gasteiger partial charge in [-0.1, -0.05) is 124 Å². The Morgan fingerprint density at radius 1 is 0.510 bits per heavy atom. The highest BCUT2D eigenvalue weighted by molar-refractivity contribution is 7.95. The minimum absolute atomic E-state index is 0.120. The minimum Gasteiger partial charge on any atom is -0.341 e. The Morgan fingerprint density at radius 3 is 1.06 bits per heavy atom. The first-order valence-electron chi connectivity index (χ1n) is 18.7. The summed E-state index contributed by atoms with van der Waals surface area (Å²) in [6, 6.07) is 32.9. The number of amides is 2. The van der Waals surface area contributed by atoms with Gasteiger partial charge >= 0.3 is 0 Å². The van der Waals surface area contributed by atoms with E-state index in [0.29, 0.717) is 30.2 Å². The molecule has 0 aromatic heterocycles. The van der Waals surface area contributed by atoms with E-state index < -0.39 is 7.26 Å². The fourth-order valence-electron chi connectivity index (χ4n) is 6.53. The number of hydrogen-bond acceptors (Lipinski definition) is 3. The van der Waals surface area contributed by atoms with Crippen molar-refractivity contribution >= 4 is 35.0 Å². The van der Waals surface area contributed by atoms with Crippen LogP contribution < -0.4 is 15.9 Å². The number of benzene rings is 3. The Hall–Kier alpha value is -3.01. The number of carbonyl (C=O) groups is 2. The van der Waals surface area contributed by atoms with Crippen molar-refractivity contribution in [3.8, 4) is 0 Å². The molecule has 3 aromatic rings. The van der Waals surface area contributed by atoms with Crippen LogP contribution in [0.4, 0.5) is 0 Å². The minimum atomic E-state index is -2.01.